The highest BCUT2D eigenvalue weighted by Crippen LogP contribution is 2.25. The third-order valence-corrected chi connectivity index (χ3v) is 5.02. The first-order valence-corrected chi connectivity index (χ1v) is 9.99. The molecule has 2 aromatic heterocycles. The van der Waals surface area contributed by atoms with Crippen LogP contribution in [0.15, 0.2) is 60.8 Å². The van der Waals surface area contributed by atoms with E-state index in [1.54, 1.807) is 12.3 Å². The van der Waals surface area contributed by atoms with Crippen LogP contribution in [0.4, 0.5) is 5.95 Å². The average molecular weight is 421 g/mol. The molecule has 0 unspecified atom stereocenters. The zero-order valence-corrected chi connectivity index (χ0v) is 17.4. The van der Waals surface area contributed by atoms with Crippen LogP contribution in [0.5, 0.6) is 0 Å². The standard InChI is InChI=1S/C22H21ClN6O/c1-14(2)19-17(12-24-29(19)13-15-8-4-3-5-9-15)21(30)26-22-25-20(27-28-22)16-10-6-7-11-18(16)23/h3-12,14H,13H2,1-2H3,(H2,25,26,27,28,30). The molecule has 1 amide bonds. The Hall–Kier alpha value is -3.45. The van der Waals surface area contributed by atoms with Crippen molar-refractivity contribution in [1.29, 1.82) is 0 Å². The molecular formula is C22H21ClN6O. The minimum absolute atomic E-state index is 0.114. The van der Waals surface area contributed by atoms with Gasteiger partial charge in [0, 0.05) is 5.56 Å². The van der Waals surface area contributed by atoms with Crippen LogP contribution in [0.25, 0.3) is 11.4 Å². The molecule has 0 saturated heterocycles. The lowest BCUT2D eigenvalue weighted by atomic mass is 10.1. The summed E-state index contributed by atoms with van der Waals surface area (Å²) < 4.78 is 1.86. The lowest BCUT2D eigenvalue weighted by Gasteiger charge is -2.12. The van der Waals surface area contributed by atoms with Gasteiger partial charge >= 0.3 is 0 Å². The van der Waals surface area contributed by atoms with Crippen LogP contribution >= 0.6 is 11.6 Å². The summed E-state index contributed by atoms with van der Waals surface area (Å²) in [6, 6.07) is 17.3. The number of nitrogens with zero attached hydrogens (tertiary/aromatic N) is 4. The number of carbonyl (C=O) groups is 1. The Morgan fingerprint density at radius 3 is 2.60 bits per heavy atom. The predicted molar refractivity (Wildman–Crippen MR) is 117 cm³/mol. The maximum atomic E-state index is 12.9. The van der Waals surface area contributed by atoms with Crippen molar-refractivity contribution in [3.63, 3.8) is 0 Å². The summed E-state index contributed by atoms with van der Waals surface area (Å²) in [5, 5.41) is 14.7. The maximum absolute atomic E-state index is 12.9. The Balaban J connectivity index is 1.56. The molecule has 0 radical (unpaired) electrons. The van der Waals surface area contributed by atoms with E-state index in [9.17, 15) is 4.79 Å². The summed E-state index contributed by atoms with van der Waals surface area (Å²) in [5.41, 5.74) is 3.20. The molecule has 2 N–H and O–H groups in total. The number of benzene rings is 2. The first-order chi connectivity index (χ1) is 14.5. The van der Waals surface area contributed by atoms with E-state index >= 15 is 0 Å². The number of aromatic amines is 1. The highest BCUT2D eigenvalue weighted by atomic mass is 35.5. The molecule has 0 spiro atoms. The van der Waals surface area contributed by atoms with Crippen molar-refractivity contribution in [2.24, 2.45) is 0 Å². The fraction of sp³-hybridized carbons (Fsp3) is 0.182. The minimum atomic E-state index is -0.303. The van der Waals surface area contributed by atoms with E-state index < -0.39 is 0 Å². The molecular weight excluding hydrogens is 400 g/mol. The van der Waals surface area contributed by atoms with Crippen molar-refractivity contribution < 1.29 is 4.79 Å². The number of amides is 1. The summed E-state index contributed by atoms with van der Waals surface area (Å²) >= 11 is 6.21. The lowest BCUT2D eigenvalue weighted by molar-refractivity contribution is 0.102. The van der Waals surface area contributed by atoms with E-state index in [4.69, 9.17) is 11.6 Å². The van der Waals surface area contributed by atoms with E-state index in [0.717, 1.165) is 11.3 Å². The second-order valence-corrected chi connectivity index (χ2v) is 7.59. The summed E-state index contributed by atoms with van der Waals surface area (Å²) in [4.78, 5) is 17.3. The van der Waals surface area contributed by atoms with Crippen LogP contribution < -0.4 is 5.32 Å². The first-order valence-electron chi connectivity index (χ1n) is 9.61. The Morgan fingerprint density at radius 2 is 1.87 bits per heavy atom. The Labute approximate surface area is 179 Å². The molecule has 0 fully saturated rings. The van der Waals surface area contributed by atoms with Gasteiger partial charge in [0.25, 0.3) is 5.91 Å². The van der Waals surface area contributed by atoms with Gasteiger partial charge < -0.3 is 0 Å². The number of nitrogens with one attached hydrogen (secondary N) is 2. The third kappa shape index (κ3) is 4.11. The Morgan fingerprint density at radius 1 is 1.13 bits per heavy atom. The van der Waals surface area contributed by atoms with Crippen molar-refractivity contribution in [3.05, 3.63) is 82.6 Å². The van der Waals surface area contributed by atoms with Gasteiger partial charge in [0.05, 0.1) is 29.0 Å². The molecule has 4 aromatic rings. The van der Waals surface area contributed by atoms with Crippen LogP contribution in [0, 0.1) is 0 Å². The molecule has 8 heteroatoms. The zero-order chi connectivity index (χ0) is 21.1. The molecule has 0 aliphatic heterocycles. The summed E-state index contributed by atoms with van der Waals surface area (Å²) in [7, 11) is 0. The van der Waals surface area contributed by atoms with Crippen LogP contribution in [0.1, 0.15) is 41.4 Å². The molecule has 0 aliphatic carbocycles. The summed E-state index contributed by atoms with van der Waals surface area (Å²) in [6.45, 7) is 4.67. The van der Waals surface area contributed by atoms with Crippen LogP contribution in [-0.2, 0) is 6.54 Å². The molecule has 0 saturated carbocycles. The van der Waals surface area contributed by atoms with Gasteiger partial charge in [0.2, 0.25) is 5.95 Å². The van der Waals surface area contributed by atoms with E-state index in [2.05, 4.69) is 25.6 Å². The van der Waals surface area contributed by atoms with E-state index in [1.165, 1.54) is 0 Å². The number of halogens is 1. The van der Waals surface area contributed by atoms with Gasteiger partial charge in [0.15, 0.2) is 5.82 Å². The number of rotatable bonds is 6. The zero-order valence-electron chi connectivity index (χ0n) is 16.6. The molecule has 2 heterocycles. The van der Waals surface area contributed by atoms with Crippen LogP contribution in [-0.4, -0.2) is 30.9 Å². The van der Waals surface area contributed by atoms with Gasteiger partial charge in [-0.05, 0) is 23.6 Å². The van der Waals surface area contributed by atoms with Crippen molar-refractivity contribution in [2.45, 2.75) is 26.3 Å². The largest absolute Gasteiger partial charge is 0.289 e. The van der Waals surface area contributed by atoms with Crippen molar-refractivity contribution in [3.8, 4) is 11.4 Å². The smallest absolute Gasteiger partial charge is 0.261 e. The SMILES string of the molecule is CC(C)c1c(C(=O)Nc2n[nH]c(-c3ccccc3Cl)n2)cnn1Cc1ccccc1. The average Bonchev–Trinajstić information content (AvgIpc) is 3.36. The monoisotopic (exact) mass is 420 g/mol. The second-order valence-electron chi connectivity index (χ2n) is 7.18. The lowest BCUT2D eigenvalue weighted by Crippen LogP contribution is -2.17. The highest BCUT2D eigenvalue weighted by molar-refractivity contribution is 6.33. The number of carbonyl (C=O) groups excluding carboxylic acids is 1. The fourth-order valence-corrected chi connectivity index (χ4v) is 3.55. The Bertz CT molecular complexity index is 1170. The quantitative estimate of drug-likeness (QED) is 0.471. The summed E-state index contributed by atoms with van der Waals surface area (Å²) in [6.07, 6.45) is 1.59. The van der Waals surface area contributed by atoms with E-state index in [-0.39, 0.29) is 17.8 Å². The topological polar surface area (TPSA) is 88.5 Å². The summed E-state index contributed by atoms with van der Waals surface area (Å²) in [5.74, 6) is 0.478. The Kier molecular flexibility index (Phi) is 5.63. The molecule has 30 heavy (non-hydrogen) atoms. The van der Waals surface area contributed by atoms with Crippen LogP contribution in [0.2, 0.25) is 5.02 Å². The highest BCUT2D eigenvalue weighted by Gasteiger charge is 2.21. The van der Waals surface area contributed by atoms with Crippen LogP contribution in [0.3, 0.4) is 0 Å². The van der Waals surface area contributed by atoms with Gasteiger partial charge in [-0.3, -0.25) is 19.9 Å². The predicted octanol–water partition coefficient (Wildman–Crippen LogP) is 4.75. The van der Waals surface area contributed by atoms with Gasteiger partial charge in [-0.15, -0.1) is 5.10 Å². The second kappa shape index (κ2) is 8.51. The van der Waals surface area contributed by atoms with E-state index in [0.29, 0.717) is 28.5 Å². The van der Waals surface area contributed by atoms with Gasteiger partial charge in [0.1, 0.15) is 0 Å². The molecule has 7 nitrogen and oxygen atoms in total. The molecule has 152 valence electrons. The molecule has 0 aliphatic rings. The molecule has 0 bridgehead atoms. The number of anilines is 1. The molecule has 4 rings (SSSR count). The normalized spacial score (nSPS) is 11.1. The van der Waals surface area contributed by atoms with Crippen molar-refractivity contribution in [2.75, 3.05) is 5.32 Å². The number of H-pyrrole nitrogens is 1. The molecule has 0 atom stereocenters. The van der Waals surface area contributed by atoms with Gasteiger partial charge in [-0.1, -0.05) is 67.9 Å². The van der Waals surface area contributed by atoms with Crippen molar-refractivity contribution in [1.82, 2.24) is 25.0 Å². The van der Waals surface area contributed by atoms with E-state index in [1.807, 2.05) is 67.1 Å². The van der Waals surface area contributed by atoms with Gasteiger partial charge in [-0.25, -0.2) is 0 Å². The maximum Gasteiger partial charge on any atom is 0.261 e. The third-order valence-electron chi connectivity index (χ3n) is 4.69. The fourth-order valence-electron chi connectivity index (χ4n) is 3.32. The number of aromatic nitrogens is 5. The number of hydrogen-bond donors (Lipinski definition) is 2. The van der Waals surface area contributed by atoms with Crippen molar-refractivity contribution >= 4 is 23.5 Å². The number of hydrogen-bond acceptors (Lipinski definition) is 4. The minimum Gasteiger partial charge on any atom is -0.289 e. The first kappa shape index (κ1) is 19.8. The molecule has 2 aromatic carbocycles. The van der Waals surface area contributed by atoms with Gasteiger partial charge in [-0.2, -0.15) is 10.1 Å².